The average Bonchev–Trinajstić information content (AvgIpc) is 3.29. The molecule has 64 heavy (non-hydrogen) atoms. The number of unbranched alkanes of at least 4 members (excludes halogenated alkanes) is 12. The molecule has 1 nitrogen and oxygen atoms in total. The number of rotatable bonds is 33. The van der Waals surface area contributed by atoms with Crippen LogP contribution in [-0.4, -0.2) is 5.11 Å². The van der Waals surface area contributed by atoms with E-state index in [2.05, 4.69) is 129 Å². The van der Waals surface area contributed by atoms with Gasteiger partial charge in [-0.2, -0.15) is 0 Å². The predicted molar refractivity (Wildman–Crippen MR) is 283 cm³/mol. The summed E-state index contributed by atoms with van der Waals surface area (Å²) in [6, 6.07) is 26.1. The van der Waals surface area contributed by atoms with Crippen molar-refractivity contribution in [2.45, 2.75) is 253 Å². The Hall–Kier alpha value is -3.32. The fourth-order valence-corrected chi connectivity index (χ4v) is 11.0. The van der Waals surface area contributed by atoms with Gasteiger partial charge in [0.25, 0.3) is 0 Å². The number of aryl methyl sites for hydroxylation is 3. The van der Waals surface area contributed by atoms with Crippen LogP contribution < -0.4 is 0 Å². The molecule has 0 aromatic heterocycles. The molecule has 0 aliphatic rings. The molecule has 1 heteroatoms. The van der Waals surface area contributed by atoms with Crippen molar-refractivity contribution < 1.29 is 5.11 Å². The van der Waals surface area contributed by atoms with Gasteiger partial charge in [0.05, 0.1) is 0 Å². The zero-order valence-corrected chi connectivity index (χ0v) is 43.1. The molecular weight excluding hydrogens is 773 g/mol. The van der Waals surface area contributed by atoms with Crippen molar-refractivity contribution in [3.63, 3.8) is 0 Å². The molecule has 0 aliphatic heterocycles. The molecule has 3 atom stereocenters. The SMILES string of the molecule is CCCCCc1cccc(C(C)Cc2ccc(O)c(CC(C)c3cccc(CCCCC)c3CCCCC)c2CC(C)c2cccc(CCCCC)c2CCCCC)c1CCCCC. The molecule has 0 heterocycles. The molecule has 4 aromatic carbocycles. The Bertz CT molecular complexity index is 1900. The zero-order valence-electron chi connectivity index (χ0n) is 43.1. The van der Waals surface area contributed by atoms with E-state index in [0.717, 1.165) is 25.7 Å². The summed E-state index contributed by atoms with van der Waals surface area (Å²) in [7, 11) is 0. The third kappa shape index (κ3) is 16.2. The normalized spacial score (nSPS) is 13.1. The van der Waals surface area contributed by atoms with Crippen LogP contribution in [0.1, 0.15) is 262 Å². The lowest BCUT2D eigenvalue weighted by atomic mass is 9.78. The number of hydrogen-bond donors (Lipinski definition) is 1. The quantitative estimate of drug-likeness (QED) is 0.0473. The van der Waals surface area contributed by atoms with Crippen LogP contribution in [-0.2, 0) is 57.8 Å². The van der Waals surface area contributed by atoms with Gasteiger partial charge in [-0.3, -0.25) is 0 Å². The minimum atomic E-state index is 0.312. The first-order valence-corrected chi connectivity index (χ1v) is 27.4. The van der Waals surface area contributed by atoms with E-state index in [0.29, 0.717) is 23.5 Å². The second kappa shape index (κ2) is 30.1. The second-order valence-electron chi connectivity index (χ2n) is 20.2. The molecule has 0 saturated carbocycles. The lowest BCUT2D eigenvalue weighted by molar-refractivity contribution is 0.463. The molecule has 0 fully saturated rings. The van der Waals surface area contributed by atoms with Gasteiger partial charge in [0.1, 0.15) is 5.75 Å². The smallest absolute Gasteiger partial charge is 0.119 e. The van der Waals surface area contributed by atoms with Gasteiger partial charge in [0.2, 0.25) is 0 Å². The van der Waals surface area contributed by atoms with Crippen molar-refractivity contribution >= 4 is 0 Å². The van der Waals surface area contributed by atoms with Crippen LogP contribution in [0.25, 0.3) is 0 Å². The fraction of sp³-hybridized carbons (Fsp3) is 0.619. The third-order valence-electron chi connectivity index (χ3n) is 14.8. The van der Waals surface area contributed by atoms with E-state index in [1.165, 1.54) is 170 Å². The van der Waals surface area contributed by atoms with E-state index < -0.39 is 0 Å². The summed E-state index contributed by atoms with van der Waals surface area (Å²) < 4.78 is 0. The molecule has 0 aliphatic carbocycles. The first-order chi connectivity index (χ1) is 31.2. The van der Waals surface area contributed by atoms with E-state index in [1.807, 2.05) is 0 Å². The summed E-state index contributed by atoms with van der Waals surface area (Å²) >= 11 is 0. The van der Waals surface area contributed by atoms with Gasteiger partial charge in [-0.25, -0.2) is 0 Å². The summed E-state index contributed by atoms with van der Waals surface area (Å²) in [5.74, 6) is 1.55. The molecule has 4 rings (SSSR count). The third-order valence-corrected chi connectivity index (χ3v) is 14.8. The number of benzene rings is 4. The van der Waals surface area contributed by atoms with Gasteiger partial charge in [-0.1, -0.05) is 200 Å². The average molecular weight is 869 g/mol. The molecule has 4 aromatic rings. The lowest BCUT2D eigenvalue weighted by Gasteiger charge is -2.27. The van der Waals surface area contributed by atoms with E-state index in [9.17, 15) is 5.11 Å². The maximum absolute atomic E-state index is 12.2. The minimum absolute atomic E-state index is 0.312. The largest absolute Gasteiger partial charge is 0.508 e. The van der Waals surface area contributed by atoms with E-state index >= 15 is 0 Å². The van der Waals surface area contributed by atoms with Crippen LogP contribution in [0.5, 0.6) is 5.75 Å². The summed E-state index contributed by atoms with van der Waals surface area (Å²) in [5.41, 5.74) is 18.3. The number of aromatic hydroxyl groups is 1. The summed E-state index contributed by atoms with van der Waals surface area (Å²) in [5, 5.41) is 12.2. The Morgan fingerprint density at radius 2 is 0.625 bits per heavy atom. The highest BCUT2D eigenvalue weighted by Crippen LogP contribution is 2.39. The molecule has 3 unspecified atom stereocenters. The van der Waals surface area contributed by atoms with Gasteiger partial charge in [0, 0.05) is 0 Å². The van der Waals surface area contributed by atoms with Crippen LogP contribution in [0.4, 0.5) is 0 Å². The van der Waals surface area contributed by atoms with Crippen LogP contribution in [0.15, 0.2) is 66.7 Å². The molecule has 0 spiro atoms. The van der Waals surface area contributed by atoms with E-state index in [-0.39, 0.29) is 0 Å². The van der Waals surface area contributed by atoms with Crippen molar-refractivity contribution in [1.82, 2.24) is 0 Å². The molecule has 0 radical (unpaired) electrons. The maximum Gasteiger partial charge on any atom is 0.119 e. The molecule has 354 valence electrons. The van der Waals surface area contributed by atoms with Crippen molar-refractivity contribution in [3.8, 4) is 5.75 Å². The second-order valence-corrected chi connectivity index (χ2v) is 20.2. The van der Waals surface area contributed by atoms with E-state index in [4.69, 9.17) is 0 Å². The summed E-state index contributed by atoms with van der Waals surface area (Å²) in [4.78, 5) is 0. The summed E-state index contributed by atoms with van der Waals surface area (Å²) in [6.45, 7) is 21.4. The standard InChI is InChI=1S/C63H96O/c1-10-16-22-31-51-34-28-40-55(58(51)37-25-19-13-4)48(7)45-54-43-44-63(64)62(47-50(9)57-42-30-36-53(33-24-18-12-3)60(57)39-27-21-15-6)61(54)46-49(8)56-41-29-35-52(32-23-17-11-2)59(56)38-26-20-14-5/h28-30,34-36,40-44,48-50,64H,10-27,31-33,37-39,45-47H2,1-9H3. The maximum atomic E-state index is 12.2. The number of hydrogen-bond acceptors (Lipinski definition) is 1. The summed E-state index contributed by atoms with van der Waals surface area (Å²) in [6.07, 6.45) is 32.8. The first-order valence-electron chi connectivity index (χ1n) is 27.4. The topological polar surface area (TPSA) is 20.2 Å². The molecule has 0 bridgehead atoms. The lowest BCUT2D eigenvalue weighted by Crippen LogP contribution is -2.14. The van der Waals surface area contributed by atoms with E-state index in [1.54, 1.807) is 44.5 Å². The highest BCUT2D eigenvalue weighted by atomic mass is 16.3. The Labute approximate surface area is 396 Å². The molecule has 1 N–H and O–H groups in total. The van der Waals surface area contributed by atoms with Crippen molar-refractivity contribution in [2.24, 2.45) is 0 Å². The van der Waals surface area contributed by atoms with Gasteiger partial charge in [0.15, 0.2) is 0 Å². The molecule has 0 saturated heterocycles. The van der Waals surface area contributed by atoms with Crippen molar-refractivity contribution in [3.05, 3.63) is 133 Å². The Kier molecular flexibility index (Phi) is 25.0. The fourth-order valence-electron chi connectivity index (χ4n) is 11.0. The number of phenolic OH excluding ortho intramolecular Hbond substituents is 1. The monoisotopic (exact) mass is 869 g/mol. The Balaban J connectivity index is 1.84. The Morgan fingerprint density at radius 3 is 0.969 bits per heavy atom. The van der Waals surface area contributed by atoms with Gasteiger partial charge in [-0.15, -0.1) is 0 Å². The molecule has 0 amide bonds. The number of phenols is 1. The molecular formula is C63H96O. The minimum Gasteiger partial charge on any atom is -0.508 e. The van der Waals surface area contributed by atoms with Crippen LogP contribution >= 0.6 is 0 Å². The van der Waals surface area contributed by atoms with Crippen LogP contribution in [0, 0.1) is 0 Å². The highest BCUT2D eigenvalue weighted by Gasteiger charge is 2.25. The highest BCUT2D eigenvalue weighted by molar-refractivity contribution is 5.50. The first kappa shape index (κ1) is 53.3. The van der Waals surface area contributed by atoms with Gasteiger partial charge < -0.3 is 5.11 Å². The Morgan fingerprint density at radius 1 is 0.312 bits per heavy atom. The van der Waals surface area contributed by atoms with Crippen LogP contribution in [0.2, 0.25) is 0 Å². The zero-order chi connectivity index (χ0) is 46.1. The predicted octanol–water partition coefficient (Wildman–Crippen LogP) is 18.8. The van der Waals surface area contributed by atoms with Crippen LogP contribution in [0.3, 0.4) is 0 Å². The van der Waals surface area contributed by atoms with Gasteiger partial charge >= 0.3 is 0 Å². The van der Waals surface area contributed by atoms with Crippen molar-refractivity contribution in [2.75, 3.05) is 0 Å². The van der Waals surface area contributed by atoms with Gasteiger partial charge in [-0.05, 0) is 187 Å². The van der Waals surface area contributed by atoms with Crippen molar-refractivity contribution in [1.29, 1.82) is 0 Å².